The first-order valence-electron chi connectivity index (χ1n) is 9.49. The zero-order valence-electron chi connectivity index (χ0n) is 16.4. The average molecular weight is 357 g/mol. The molecule has 5 rings (SSSR count). The molecule has 3 heterocycles. The maximum absolute atomic E-state index is 13.2. The fraction of sp³-hybridized carbons (Fsp3) is 0.263. The van der Waals surface area contributed by atoms with Crippen LogP contribution in [0.15, 0.2) is 36.4 Å². The van der Waals surface area contributed by atoms with Crippen molar-refractivity contribution < 1.29 is 13.6 Å². The van der Waals surface area contributed by atoms with Crippen molar-refractivity contribution in [2.24, 2.45) is 0 Å². The maximum atomic E-state index is 13.2. The predicted molar refractivity (Wildman–Crippen MR) is 95.3 cm³/mol. The quantitative estimate of drug-likeness (QED) is 0.666. The van der Waals surface area contributed by atoms with Crippen molar-refractivity contribution in [2.75, 3.05) is 14.1 Å². The highest BCUT2D eigenvalue weighted by molar-refractivity contribution is 6.32. The Morgan fingerprint density at radius 1 is 1.32 bits per heavy atom. The molecule has 2 aliphatic rings. The van der Waals surface area contributed by atoms with Crippen LogP contribution >= 0.6 is 11.6 Å². The van der Waals surface area contributed by atoms with Crippen LogP contribution in [0.2, 0.25) is 5.02 Å². The number of carbonyl (C=O) groups is 1. The standard InChI is InChI=1S/C19H16ClN3O2/c1-22-16-9-15(17-11(19(22)24)4-3-5-12(17)20)23-14-8-10(25-2)6-7-13(14)21-18(16)23/h3-8,15-16H,9H2,1-2H3/t15-,16-/m1/s1/i1D3. The lowest BCUT2D eigenvalue weighted by Crippen LogP contribution is -2.30. The largest absolute Gasteiger partial charge is 0.497 e. The molecule has 0 N–H and O–H groups in total. The number of fused-ring (bicyclic) bond motifs is 9. The molecule has 0 saturated heterocycles. The molecule has 5 nitrogen and oxygen atoms in total. The van der Waals surface area contributed by atoms with Gasteiger partial charge in [-0.05, 0) is 24.3 Å². The van der Waals surface area contributed by atoms with E-state index in [-0.39, 0.29) is 6.04 Å². The molecule has 25 heavy (non-hydrogen) atoms. The van der Waals surface area contributed by atoms with Crippen molar-refractivity contribution in [3.63, 3.8) is 0 Å². The van der Waals surface area contributed by atoms with Crippen LogP contribution in [0.4, 0.5) is 0 Å². The van der Waals surface area contributed by atoms with E-state index in [1.54, 1.807) is 25.3 Å². The van der Waals surface area contributed by atoms with Gasteiger partial charge in [0.25, 0.3) is 5.91 Å². The van der Waals surface area contributed by atoms with Gasteiger partial charge in [0.15, 0.2) is 0 Å². The molecule has 0 unspecified atom stereocenters. The van der Waals surface area contributed by atoms with Crippen LogP contribution in [0.25, 0.3) is 11.0 Å². The summed E-state index contributed by atoms with van der Waals surface area (Å²) in [6.07, 6.45) is 0.413. The molecule has 1 aromatic heterocycles. The third-order valence-electron chi connectivity index (χ3n) is 5.13. The minimum Gasteiger partial charge on any atom is -0.497 e. The van der Waals surface area contributed by atoms with E-state index in [2.05, 4.69) is 4.98 Å². The first kappa shape index (κ1) is 11.9. The highest BCUT2D eigenvalue weighted by Crippen LogP contribution is 2.49. The molecule has 1 amide bonds. The summed E-state index contributed by atoms with van der Waals surface area (Å²) in [4.78, 5) is 18.9. The summed E-state index contributed by atoms with van der Waals surface area (Å²) in [5.41, 5.74) is 2.52. The first-order chi connectivity index (χ1) is 13.3. The van der Waals surface area contributed by atoms with Crippen LogP contribution < -0.4 is 4.74 Å². The Bertz CT molecular complexity index is 1140. The van der Waals surface area contributed by atoms with E-state index in [9.17, 15) is 4.79 Å². The lowest BCUT2D eigenvalue weighted by molar-refractivity contribution is 0.0734. The second-order valence-electron chi connectivity index (χ2n) is 6.34. The number of halogens is 1. The van der Waals surface area contributed by atoms with Gasteiger partial charge in [0.1, 0.15) is 11.6 Å². The van der Waals surface area contributed by atoms with Gasteiger partial charge in [-0.1, -0.05) is 17.7 Å². The number of amides is 1. The van der Waals surface area contributed by atoms with Gasteiger partial charge in [-0.25, -0.2) is 4.98 Å². The Morgan fingerprint density at radius 2 is 2.20 bits per heavy atom. The van der Waals surface area contributed by atoms with Crippen molar-refractivity contribution >= 4 is 28.5 Å². The fourth-order valence-corrected chi connectivity index (χ4v) is 4.31. The maximum Gasteiger partial charge on any atom is 0.254 e. The van der Waals surface area contributed by atoms with Crippen molar-refractivity contribution in [2.45, 2.75) is 18.5 Å². The Balaban J connectivity index is 1.86. The molecule has 0 saturated carbocycles. The van der Waals surface area contributed by atoms with Crippen LogP contribution in [0.3, 0.4) is 0 Å². The normalized spacial score (nSPS) is 23.5. The molecule has 126 valence electrons. The minimum atomic E-state index is -2.60. The van der Waals surface area contributed by atoms with Crippen molar-refractivity contribution in [1.29, 1.82) is 0 Å². The van der Waals surface area contributed by atoms with E-state index in [1.165, 1.54) is 0 Å². The van der Waals surface area contributed by atoms with Gasteiger partial charge in [-0.3, -0.25) is 4.79 Å². The van der Waals surface area contributed by atoms with Crippen molar-refractivity contribution in [3.05, 3.63) is 58.4 Å². The van der Waals surface area contributed by atoms with E-state index in [0.717, 1.165) is 15.9 Å². The third-order valence-corrected chi connectivity index (χ3v) is 5.46. The Morgan fingerprint density at radius 3 is 3.00 bits per heavy atom. The zero-order chi connectivity index (χ0) is 19.8. The van der Waals surface area contributed by atoms with E-state index in [0.29, 0.717) is 34.1 Å². The van der Waals surface area contributed by atoms with Gasteiger partial charge >= 0.3 is 0 Å². The molecule has 0 fully saturated rings. The minimum absolute atomic E-state index is 0.280. The van der Waals surface area contributed by atoms with E-state index in [4.69, 9.17) is 20.5 Å². The van der Waals surface area contributed by atoms with Crippen LogP contribution in [0, 0.1) is 0 Å². The topological polar surface area (TPSA) is 47.4 Å². The Kier molecular flexibility index (Phi) is 2.38. The van der Waals surface area contributed by atoms with Gasteiger partial charge in [0.2, 0.25) is 0 Å². The summed E-state index contributed by atoms with van der Waals surface area (Å²) in [6.45, 7) is -2.60. The summed E-state index contributed by atoms with van der Waals surface area (Å²) >= 11 is 6.51. The van der Waals surface area contributed by atoms with Crippen LogP contribution in [0.5, 0.6) is 5.75 Å². The zero-order valence-corrected chi connectivity index (χ0v) is 14.1. The highest BCUT2D eigenvalue weighted by Gasteiger charge is 2.44. The molecule has 2 bridgehead atoms. The number of benzene rings is 2. The summed E-state index contributed by atoms with van der Waals surface area (Å²) < 4.78 is 31.3. The van der Waals surface area contributed by atoms with Crippen LogP contribution in [-0.4, -0.2) is 34.4 Å². The van der Waals surface area contributed by atoms with Gasteiger partial charge in [0, 0.05) is 39.7 Å². The second-order valence-corrected chi connectivity index (χ2v) is 6.75. The number of imidazole rings is 1. The van der Waals surface area contributed by atoms with E-state index in [1.807, 2.05) is 22.8 Å². The lowest BCUT2D eigenvalue weighted by atomic mass is 9.99. The van der Waals surface area contributed by atoms with Crippen molar-refractivity contribution in [1.82, 2.24) is 14.5 Å². The molecular weight excluding hydrogens is 338 g/mol. The smallest absolute Gasteiger partial charge is 0.254 e. The lowest BCUT2D eigenvalue weighted by Gasteiger charge is -2.24. The number of aromatic nitrogens is 2. The number of nitrogens with zero attached hydrogens (tertiary/aromatic N) is 3. The summed E-state index contributed by atoms with van der Waals surface area (Å²) in [6, 6.07) is 9.62. The van der Waals surface area contributed by atoms with Gasteiger partial charge in [-0.2, -0.15) is 0 Å². The van der Waals surface area contributed by atoms with Crippen molar-refractivity contribution in [3.8, 4) is 5.75 Å². The first-order valence-corrected chi connectivity index (χ1v) is 8.37. The van der Waals surface area contributed by atoms with Gasteiger partial charge in [0.05, 0.1) is 30.2 Å². The number of hydrogen-bond acceptors (Lipinski definition) is 3. The predicted octanol–water partition coefficient (Wildman–Crippen LogP) is 3.82. The number of ether oxygens (including phenoxy) is 1. The van der Waals surface area contributed by atoms with E-state index >= 15 is 0 Å². The molecule has 0 aliphatic carbocycles. The number of rotatable bonds is 1. The summed E-state index contributed by atoms with van der Waals surface area (Å²) in [7, 11) is 1.59. The summed E-state index contributed by atoms with van der Waals surface area (Å²) in [5.74, 6) is 0.696. The Hall–Kier alpha value is -2.53. The molecule has 6 heteroatoms. The molecule has 0 spiro atoms. The molecule has 2 atom stereocenters. The Labute approximate surface area is 154 Å². The summed E-state index contributed by atoms with van der Waals surface area (Å²) in [5, 5.41) is 0.444. The number of hydrogen-bond donors (Lipinski definition) is 0. The number of carbonyl (C=O) groups excluding carboxylic acids is 1. The highest BCUT2D eigenvalue weighted by atomic mass is 35.5. The molecule has 2 aliphatic heterocycles. The molecule has 2 aromatic carbocycles. The molecular formula is C19H16ClN3O2. The number of methoxy groups -OCH3 is 1. The molecule has 0 radical (unpaired) electrons. The van der Waals surface area contributed by atoms with Gasteiger partial charge < -0.3 is 14.2 Å². The van der Waals surface area contributed by atoms with Crippen LogP contribution in [0.1, 0.15) is 44.4 Å². The second kappa shape index (κ2) is 4.99. The molecule has 3 aromatic rings. The van der Waals surface area contributed by atoms with Gasteiger partial charge in [-0.15, -0.1) is 0 Å². The fourth-order valence-electron chi connectivity index (χ4n) is 4.00. The van der Waals surface area contributed by atoms with Crippen LogP contribution in [-0.2, 0) is 0 Å². The SMILES string of the molecule is [2H]C([2H])([2H])N1C(=O)c2cccc(Cl)c2[C@H]2C[C@@H]1c1nc3ccc(OC)cc3n12. The third kappa shape index (κ3) is 1.84. The van der Waals surface area contributed by atoms with E-state index < -0.39 is 18.9 Å². The average Bonchev–Trinajstić information content (AvgIpc) is 3.13. The monoisotopic (exact) mass is 356 g/mol.